The summed E-state index contributed by atoms with van der Waals surface area (Å²) < 4.78 is 3.27. The number of nitrogens with zero attached hydrogens (tertiary/aromatic N) is 2. The van der Waals surface area contributed by atoms with E-state index in [1.54, 1.807) is 0 Å². The van der Waals surface area contributed by atoms with Gasteiger partial charge in [-0.15, -0.1) is 0 Å². The second-order valence-electron chi connectivity index (χ2n) is 3.16. The largest absolute Gasteiger partial charge is 0.324 e. The van der Waals surface area contributed by atoms with E-state index in [4.69, 9.17) is 5.73 Å². The van der Waals surface area contributed by atoms with Crippen LogP contribution in [0.5, 0.6) is 0 Å². The zero-order valence-corrected chi connectivity index (χ0v) is 8.42. The molecule has 1 saturated carbocycles. The highest BCUT2D eigenvalue weighted by Crippen LogP contribution is 2.34. The van der Waals surface area contributed by atoms with Crippen LogP contribution in [0.3, 0.4) is 0 Å². The van der Waals surface area contributed by atoms with E-state index in [1.807, 2.05) is 6.20 Å². The maximum Gasteiger partial charge on any atom is 0.123 e. The Morgan fingerprint density at radius 3 is 2.92 bits per heavy atom. The average Bonchev–Trinajstić information content (AvgIpc) is 2.30. The molecule has 1 aromatic rings. The summed E-state index contributed by atoms with van der Waals surface area (Å²) in [5, 5.41) is 0. The van der Waals surface area contributed by atoms with Crippen LogP contribution in [0.1, 0.15) is 31.1 Å². The van der Waals surface area contributed by atoms with Gasteiger partial charge in [-0.1, -0.05) is 0 Å². The fourth-order valence-electron chi connectivity index (χ4n) is 1.56. The molecule has 0 spiro atoms. The van der Waals surface area contributed by atoms with Crippen molar-refractivity contribution in [3.63, 3.8) is 0 Å². The average molecular weight is 230 g/mol. The van der Waals surface area contributed by atoms with Gasteiger partial charge in [0.15, 0.2) is 0 Å². The van der Waals surface area contributed by atoms with E-state index in [-0.39, 0.29) is 0 Å². The summed E-state index contributed by atoms with van der Waals surface area (Å²) in [5.74, 6) is 0.992. The quantitative estimate of drug-likeness (QED) is 0.842. The van der Waals surface area contributed by atoms with Crippen molar-refractivity contribution in [1.82, 2.24) is 9.55 Å². The lowest BCUT2D eigenvalue weighted by molar-refractivity contribution is 0.302. The molecule has 1 aromatic heterocycles. The van der Waals surface area contributed by atoms with E-state index in [0.717, 1.165) is 10.4 Å². The molecule has 4 heteroatoms. The highest BCUT2D eigenvalue weighted by molar-refractivity contribution is 9.10. The number of halogens is 1. The number of aromatic nitrogens is 2. The van der Waals surface area contributed by atoms with Crippen LogP contribution in [-0.2, 0) is 6.54 Å². The molecule has 1 heterocycles. The zero-order chi connectivity index (χ0) is 8.55. The monoisotopic (exact) mass is 229 g/mol. The van der Waals surface area contributed by atoms with Crippen molar-refractivity contribution in [2.75, 3.05) is 0 Å². The molecule has 0 saturated heterocycles. The molecule has 1 aliphatic carbocycles. The van der Waals surface area contributed by atoms with E-state index in [1.165, 1.54) is 19.3 Å². The van der Waals surface area contributed by atoms with Gasteiger partial charge in [-0.2, -0.15) is 0 Å². The number of nitrogens with two attached hydrogens (primary N) is 1. The lowest BCUT2D eigenvalue weighted by atomic mass is 9.93. The molecule has 2 rings (SSSR count). The zero-order valence-electron chi connectivity index (χ0n) is 6.83. The molecule has 2 N–H and O–H groups in total. The first kappa shape index (κ1) is 8.26. The second-order valence-corrected chi connectivity index (χ2v) is 3.97. The molecule has 0 unspecified atom stereocenters. The van der Waals surface area contributed by atoms with Crippen molar-refractivity contribution in [3.05, 3.63) is 16.6 Å². The maximum atomic E-state index is 5.58. The van der Waals surface area contributed by atoms with Gasteiger partial charge in [0.25, 0.3) is 0 Å². The molecule has 0 aliphatic heterocycles. The Labute approximate surface area is 80.1 Å². The Bertz CT molecular complexity index is 278. The van der Waals surface area contributed by atoms with Crippen LogP contribution in [-0.4, -0.2) is 9.55 Å². The molecule has 0 radical (unpaired) electrons. The summed E-state index contributed by atoms with van der Waals surface area (Å²) in [6.07, 6.45) is 5.70. The molecule has 1 fully saturated rings. The first-order valence-corrected chi connectivity index (χ1v) is 5.04. The van der Waals surface area contributed by atoms with Crippen LogP contribution in [0.4, 0.5) is 0 Å². The smallest absolute Gasteiger partial charge is 0.123 e. The maximum absolute atomic E-state index is 5.58. The highest BCUT2D eigenvalue weighted by Gasteiger charge is 2.23. The van der Waals surface area contributed by atoms with Crippen molar-refractivity contribution >= 4 is 15.9 Å². The Morgan fingerprint density at radius 1 is 1.67 bits per heavy atom. The third-order valence-electron chi connectivity index (χ3n) is 2.45. The van der Waals surface area contributed by atoms with E-state index in [0.29, 0.717) is 12.6 Å². The van der Waals surface area contributed by atoms with Gasteiger partial charge in [0, 0.05) is 6.04 Å². The minimum Gasteiger partial charge on any atom is -0.324 e. The topological polar surface area (TPSA) is 43.8 Å². The van der Waals surface area contributed by atoms with Gasteiger partial charge in [-0.25, -0.2) is 4.98 Å². The van der Waals surface area contributed by atoms with Crippen molar-refractivity contribution in [2.45, 2.75) is 31.8 Å². The predicted octanol–water partition coefficient (Wildman–Crippen LogP) is 1.83. The molecular formula is C8H12BrN3. The van der Waals surface area contributed by atoms with Gasteiger partial charge in [-0.05, 0) is 35.2 Å². The third-order valence-corrected chi connectivity index (χ3v) is 3.04. The summed E-state index contributed by atoms with van der Waals surface area (Å²) in [5.41, 5.74) is 5.58. The van der Waals surface area contributed by atoms with Gasteiger partial charge in [0.1, 0.15) is 10.4 Å². The van der Waals surface area contributed by atoms with Crippen molar-refractivity contribution in [1.29, 1.82) is 0 Å². The normalized spacial score (nSPS) is 17.8. The molecular weight excluding hydrogens is 218 g/mol. The first-order valence-electron chi connectivity index (χ1n) is 4.24. The van der Waals surface area contributed by atoms with Crippen LogP contribution in [0.25, 0.3) is 0 Å². The van der Waals surface area contributed by atoms with E-state index in [2.05, 4.69) is 25.5 Å². The van der Waals surface area contributed by atoms with Gasteiger partial charge < -0.3 is 10.3 Å². The predicted molar refractivity (Wildman–Crippen MR) is 50.7 cm³/mol. The first-order chi connectivity index (χ1) is 5.83. The molecule has 66 valence electrons. The Morgan fingerprint density at radius 2 is 2.42 bits per heavy atom. The van der Waals surface area contributed by atoms with Crippen LogP contribution in [0.2, 0.25) is 0 Å². The molecule has 0 bridgehead atoms. The molecule has 3 nitrogen and oxygen atoms in total. The summed E-state index contributed by atoms with van der Waals surface area (Å²) >= 11 is 3.48. The van der Waals surface area contributed by atoms with Gasteiger partial charge in [-0.3, -0.25) is 0 Å². The van der Waals surface area contributed by atoms with Crippen molar-refractivity contribution in [3.8, 4) is 0 Å². The van der Waals surface area contributed by atoms with Crippen molar-refractivity contribution < 1.29 is 0 Å². The fraction of sp³-hybridized carbons (Fsp3) is 0.625. The summed E-state index contributed by atoms with van der Waals surface area (Å²) in [7, 11) is 0. The fourth-order valence-corrected chi connectivity index (χ4v) is 2.15. The summed E-state index contributed by atoms with van der Waals surface area (Å²) in [6.45, 7) is 0.530. The lowest BCUT2D eigenvalue weighted by Gasteiger charge is -2.28. The Hall–Kier alpha value is -0.350. The van der Waals surface area contributed by atoms with Gasteiger partial charge >= 0.3 is 0 Å². The van der Waals surface area contributed by atoms with E-state index >= 15 is 0 Å². The molecule has 1 aliphatic rings. The van der Waals surface area contributed by atoms with Crippen LogP contribution < -0.4 is 5.73 Å². The molecule has 12 heavy (non-hydrogen) atoms. The van der Waals surface area contributed by atoms with Crippen LogP contribution in [0, 0.1) is 0 Å². The number of hydrogen-bond donors (Lipinski definition) is 1. The number of imidazole rings is 1. The lowest BCUT2D eigenvalue weighted by Crippen LogP contribution is -2.20. The summed E-state index contributed by atoms with van der Waals surface area (Å²) in [6, 6.07) is 0.639. The van der Waals surface area contributed by atoms with Gasteiger partial charge in [0.2, 0.25) is 0 Å². The van der Waals surface area contributed by atoms with Crippen LogP contribution >= 0.6 is 15.9 Å². The highest BCUT2D eigenvalue weighted by atomic mass is 79.9. The standard InChI is InChI=1S/C8H12BrN3/c9-7-5-11-8(4-10)12(7)6-2-1-3-6/h5-6H,1-4,10H2. The van der Waals surface area contributed by atoms with E-state index < -0.39 is 0 Å². The molecule has 0 amide bonds. The van der Waals surface area contributed by atoms with E-state index in [9.17, 15) is 0 Å². The molecule has 0 atom stereocenters. The second kappa shape index (κ2) is 3.18. The van der Waals surface area contributed by atoms with Gasteiger partial charge in [0.05, 0.1) is 12.7 Å². The van der Waals surface area contributed by atoms with Crippen LogP contribution in [0.15, 0.2) is 10.8 Å². The minimum absolute atomic E-state index is 0.530. The third kappa shape index (κ3) is 1.19. The minimum atomic E-state index is 0.530. The Kier molecular flexibility index (Phi) is 2.19. The summed E-state index contributed by atoms with van der Waals surface area (Å²) in [4.78, 5) is 4.23. The SMILES string of the molecule is NCc1ncc(Br)n1C1CCC1. The Balaban J connectivity index is 2.31. The molecule has 0 aromatic carbocycles. The number of hydrogen-bond acceptors (Lipinski definition) is 2. The number of rotatable bonds is 2. The van der Waals surface area contributed by atoms with Crippen molar-refractivity contribution in [2.24, 2.45) is 5.73 Å².